The van der Waals surface area contributed by atoms with Crippen molar-refractivity contribution in [2.24, 2.45) is 4.99 Å². The van der Waals surface area contributed by atoms with Crippen LogP contribution in [-0.2, 0) is 13.1 Å². The third-order valence-corrected chi connectivity index (χ3v) is 4.47. The predicted octanol–water partition coefficient (Wildman–Crippen LogP) is 3.58. The Balaban J connectivity index is 1.50. The van der Waals surface area contributed by atoms with E-state index >= 15 is 0 Å². The van der Waals surface area contributed by atoms with E-state index in [0.29, 0.717) is 24.1 Å². The number of rotatable bonds is 8. The smallest absolute Gasteiger partial charge is 0.224 e. The molecule has 2 aromatic heterocycles. The van der Waals surface area contributed by atoms with E-state index in [0.717, 1.165) is 36.5 Å². The minimum atomic E-state index is -0.354. The Morgan fingerprint density at radius 3 is 2.77 bits per heavy atom. The summed E-state index contributed by atoms with van der Waals surface area (Å²) < 4.78 is 21.2. The molecule has 3 rings (SSSR count). The van der Waals surface area contributed by atoms with Crippen LogP contribution in [0.15, 0.2) is 53.7 Å². The van der Waals surface area contributed by atoms with Crippen molar-refractivity contribution in [3.63, 3.8) is 0 Å². The van der Waals surface area contributed by atoms with E-state index < -0.39 is 0 Å². The molecule has 0 aliphatic rings. The molecule has 0 aliphatic heterocycles. The van der Waals surface area contributed by atoms with Crippen molar-refractivity contribution >= 4 is 5.96 Å². The van der Waals surface area contributed by atoms with Crippen molar-refractivity contribution in [3.8, 4) is 11.6 Å². The zero-order valence-electron chi connectivity index (χ0n) is 17.5. The highest BCUT2D eigenvalue weighted by atomic mass is 19.1. The van der Waals surface area contributed by atoms with Crippen LogP contribution in [0.3, 0.4) is 0 Å². The molecule has 0 bridgehead atoms. The summed E-state index contributed by atoms with van der Waals surface area (Å²) in [6, 6.07) is 11.8. The molecule has 0 radical (unpaired) electrons. The van der Waals surface area contributed by atoms with Gasteiger partial charge in [-0.3, -0.25) is 9.67 Å². The van der Waals surface area contributed by atoms with Crippen molar-refractivity contribution in [1.82, 2.24) is 25.4 Å². The number of nitrogens with zero attached hydrogens (tertiary/aromatic N) is 4. The molecule has 3 aromatic rings. The maximum Gasteiger partial charge on any atom is 0.224 e. The summed E-state index contributed by atoms with van der Waals surface area (Å²) in [7, 11) is 1.73. The number of aromatic nitrogens is 3. The molecular weight excluding hydrogens is 383 g/mol. The van der Waals surface area contributed by atoms with Crippen LogP contribution in [0.5, 0.6) is 11.6 Å². The van der Waals surface area contributed by atoms with Gasteiger partial charge in [0.2, 0.25) is 5.88 Å². The number of hydrogen-bond acceptors (Lipinski definition) is 4. The summed E-state index contributed by atoms with van der Waals surface area (Å²) in [6.45, 7) is 6.13. The Labute approximate surface area is 176 Å². The largest absolute Gasteiger partial charge is 0.439 e. The van der Waals surface area contributed by atoms with E-state index in [1.165, 1.54) is 12.1 Å². The van der Waals surface area contributed by atoms with Crippen molar-refractivity contribution in [2.45, 2.75) is 33.4 Å². The number of ether oxygens (including phenoxy) is 1. The topological polar surface area (TPSA) is 76.4 Å². The van der Waals surface area contributed by atoms with Crippen molar-refractivity contribution in [3.05, 3.63) is 71.4 Å². The minimum Gasteiger partial charge on any atom is -0.439 e. The van der Waals surface area contributed by atoms with Crippen LogP contribution in [0, 0.1) is 19.7 Å². The highest BCUT2D eigenvalue weighted by molar-refractivity contribution is 5.79. The molecule has 2 heterocycles. The Morgan fingerprint density at radius 1 is 1.17 bits per heavy atom. The SMILES string of the molecule is CN=C(NCCCn1nc(C)cc1C)NCc1cccnc1Oc1cccc(F)c1. The van der Waals surface area contributed by atoms with E-state index in [-0.39, 0.29) is 5.82 Å². The van der Waals surface area contributed by atoms with E-state index in [2.05, 4.69) is 38.7 Å². The summed E-state index contributed by atoms with van der Waals surface area (Å²) in [6.07, 6.45) is 2.56. The Kier molecular flexibility index (Phi) is 7.37. The molecule has 0 unspecified atom stereocenters. The molecule has 0 amide bonds. The standard InChI is InChI=1S/C22H27FN6O/c1-16-13-17(2)29(28-16)12-6-11-26-22(24-3)27-15-18-7-5-10-25-21(18)30-20-9-4-8-19(23)14-20/h4-5,7-10,13-14H,6,11-12,15H2,1-3H3,(H2,24,26,27). The molecule has 0 saturated carbocycles. The zero-order valence-corrected chi connectivity index (χ0v) is 17.5. The van der Waals surface area contributed by atoms with E-state index in [9.17, 15) is 4.39 Å². The molecule has 158 valence electrons. The molecule has 0 spiro atoms. The van der Waals surface area contributed by atoms with E-state index in [1.807, 2.05) is 23.7 Å². The first-order chi connectivity index (χ1) is 14.5. The molecule has 2 N–H and O–H groups in total. The fraction of sp³-hybridized carbons (Fsp3) is 0.318. The first-order valence-corrected chi connectivity index (χ1v) is 9.88. The number of aryl methyl sites for hydroxylation is 3. The van der Waals surface area contributed by atoms with Gasteiger partial charge in [-0.05, 0) is 44.5 Å². The average Bonchev–Trinajstić information content (AvgIpc) is 3.05. The minimum absolute atomic E-state index is 0.354. The first-order valence-electron chi connectivity index (χ1n) is 9.88. The molecule has 0 fully saturated rings. The third-order valence-electron chi connectivity index (χ3n) is 4.47. The summed E-state index contributed by atoms with van der Waals surface area (Å²) >= 11 is 0. The van der Waals surface area contributed by atoms with Crippen molar-refractivity contribution < 1.29 is 9.13 Å². The van der Waals surface area contributed by atoms with Gasteiger partial charge in [0.1, 0.15) is 11.6 Å². The van der Waals surface area contributed by atoms with Gasteiger partial charge in [-0.2, -0.15) is 5.10 Å². The van der Waals surface area contributed by atoms with Gasteiger partial charge in [0.05, 0.1) is 5.69 Å². The van der Waals surface area contributed by atoms with Crippen LogP contribution < -0.4 is 15.4 Å². The lowest BCUT2D eigenvalue weighted by atomic mass is 10.2. The van der Waals surface area contributed by atoms with Crippen LogP contribution >= 0.6 is 0 Å². The number of halogens is 1. The van der Waals surface area contributed by atoms with Crippen LogP contribution in [0.25, 0.3) is 0 Å². The summed E-state index contributed by atoms with van der Waals surface area (Å²) in [5.74, 6) is 1.16. The average molecular weight is 410 g/mol. The molecule has 1 aromatic carbocycles. The molecule has 0 atom stereocenters. The molecule has 8 heteroatoms. The maximum absolute atomic E-state index is 13.4. The van der Waals surface area contributed by atoms with Gasteiger partial charge in [0, 0.05) is 50.2 Å². The predicted molar refractivity (Wildman–Crippen MR) is 115 cm³/mol. The molecular formula is C22H27FN6O. The molecule has 0 aliphatic carbocycles. The summed E-state index contributed by atoms with van der Waals surface area (Å²) in [5.41, 5.74) is 3.04. The lowest BCUT2D eigenvalue weighted by Gasteiger charge is -2.14. The number of nitrogens with one attached hydrogen (secondary N) is 2. The fourth-order valence-corrected chi connectivity index (χ4v) is 3.03. The molecule has 0 saturated heterocycles. The van der Waals surface area contributed by atoms with Gasteiger partial charge < -0.3 is 15.4 Å². The number of aliphatic imine (C=N–C) groups is 1. The lowest BCUT2D eigenvalue weighted by Crippen LogP contribution is -2.37. The fourth-order valence-electron chi connectivity index (χ4n) is 3.03. The second kappa shape index (κ2) is 10.4. The zero-order chi connectivity index (χ0) is 21.3. The second-order valence-corrected chi connectivity index (χ2v) is 6.88. The van der Waals surface area contributed by atoms with Gasteiger partial charge >= 0.3 is 0 Å². The lowest BCUT2D eigenvalue weighted by molar-refractivity contribution is 0.450. The van der Waals surface area contributed by atoms with Gasteiger partial charge in [0.15, 0.2) is 5.96 Å². The number of pyridine rings is 1. The highest BCUT2D eigenvalue weighted by Gasteiger charge is 2.08. The maximum atomic E-state index is 13.4. The van der Waals surface area contributed by atoms with Gasteiger partial charge in [-0.15, -0.1) is 0 Å². The van der Waals surface area contributed by atoms with Crippen LogP contribution in [0.4, 0.5) is 4.39 Å². The monoisotopic (exact) mass is 410 g/mol. The molecule has 7 nitrogen and oxygen atoms in total. The van der Waals surface area contributed by atoms with Gasteiger partial charge in [-0.25, -0.2) is 9.37 Å². The molecule has 30 heavy (non-hydrogen) atoms. The van der Waals surface area contributed by atoms with Gasteiger partial charge in [0.25, 0.3) is 0 Å². The first kappa shape index (κ1) is 21.3. The highest BCUT2D eigenvalue weighted by Crippen LogP contribution is 2.23. The van der Waals surface area contributed by atoms with Crippen LogP contribution in [-0.4, -0.2) is 34.3 Å². The van der Waals surface area contributed by atoms with Crippen LogP contribution in [0.2, 0.25) is 0 Å². The van der Waals surface area contributed by atoms with E-state index in [1.54, 1.807) is 25.4 Å². The quantitative estimate of drug-likeness (QED) is 0.337. The second-order valence-electron chi connectivity index (χ2n) is 6.88. The number of hydrogen-bond donors (Lipinski definition) is 2. The van der Waals surface area contributed by atoms with Crippen molar-refractivity contribution in [1.29, 1.82) is 0 Å². The van der Waals surface area contributed by atoms with Gasteiger partial charge in [-0.1, -0.05) is 12.1 Å². The number of benzene rings is 1. The normalized spacial score (nSPS) is 11.4. The Hall–Kier alpha value is -3.42. The van der Waals surface area contributed by atoms with E-state index in [4.69, 9.17) is 4.74 Å². The van der Waals surface area contributed by atoms with Crippen molar-refractivity contribution in [2.75, 3.05) is 13.6 Å². The van der Waals surface area contributed by atoms with Crippen LogP contribution in [0.1, 0.15) is 23.4 Å². The summed E-state index contributed by atoms with van der Waals surface area (Å²) in [5, 5.41) is 11.0. The third kappa shape index (κ3) is 6.04. The summed E-state index contributed by atoms with van der Waals surface area (Å²) in [4.78, 5) is 8.53. The Morgan fingerprint density at radius 2 is 2.03 bits per heavy atom. The number of guanidine groups is 1. The Bertz CT molecular complexity index is 1000.